The van der Waals surface area contributed by atoms with Crippen molar-refractivity contribution < 1.29 is 9.53 Å². The Bertz CT molecular complexity index is 378. The van der Waals surface area contributed by atoms with Gasteiger partial charge in [0, 0.05) is 0 Å². The predicted octanol–water partition coefficient (Wildman–Crippen LogP) is 2.93. The van der Waals surface area contributed by atoms with Crippen molar-refractivity contribution in [2.75, 3.05) is 7.11 Å². The maximum absolute atomic E-state index is 11.4. The summed E-state index contributed by atoms with van der Waals surface area (Å²) in [5.74, 6) is 0.610. The zero-order chi connectivity index (χ0) is 10.7. The minimum absolute atomic E-state index is 0.000417. The van der Waals surface area contributed by atoms with Crippen LogP contribution in [-0.2, 0) is 0 Å². The van der Waals surface area contributed by atoms with Crippen LogP contribution in [0.1, 0.15) is 29.8 Å². The van der Waals surface area contributed by atoms with Gasteiger partial charge in [0.05, 0.1) is 12.7 Å². The van der Waals surface area contributed by atoms with Crippen LogP contribution in [0, 0.1) is 0 Å². The highest BCUT2D eigenvalue weighted by Gasteiger charge is 2.13. The van der Waals surface area contributed by atoms with Gasteiger partial charge in [-0.2, -0.15) is 0 Å². The smallest absolute Gasteiger partial charge is 0.164 e. The van der Waals surface area contributed by atoms with Gasteiger partial charge in [-0.3, -0.25) is 4.79 Å². The molecule has 0 fully saturated rings. The standard InChI is InChI=1S/C12H14O2/c1-8(2)10-6-5-7-11(14-4)12(10)9(3)13/h5-7H,1H2,2-4H3. The molecule has 74 valence electrons. The van der Waals surface area contributed by atoms with E-state index in [0.29, 0.717) is 11.3 Å². The van der Waals surface area contributed by atoms with Crippen LogP contribution < -0.4 is 4.74 Å². The highest BCUT2D eigenvalue weighted by Crippen LogP contribution is 2.26. The number of rotatable bonds is 3. The first-order chi connectivity index (χ1) is 6.57. The molecule has 0 saturated carbocycles. The molecule has 0 atom stereocenters. The third-order valence-electron chi connectivity index (χ3n) is 2.06. The van der Waals surface area contributed by atoms with Gasteiger partial charge in [0.1, 0.15) is 5.75 Å². The van der Waals surface area contributed by atoms with Gasteiger partial charge in [-0.15, -0.1) is 0 Å². The van der Waals surface area contributed by atoms with Crippen LogP contribution >= 0.6 is 0 Å². The fourth-order valence-corrected chi connectivity index (χ4v) is 1.42. The van der Waals surface area contributed by atoms with E-state index in [0.717, 1.165) is 11.1 Å². The molecule has 1 aromatic carbocycles. The molecule has 0 radical (unpaired) electrons. The molecule has 0 aliphatic carbocycles. The first kappa shape index (κ1) is 10.5. The Morgan fingerprint density at radius 2 is 2.00 bits per heavy atom. The minimum Gasteiger partial charge on any atom is -0.496 e. The summed E-state index contributed by atoms with van der Waals surface area (Å²) < 4.78 is 5.14. The molecule has 2 nitrogen and oxygen atoms in total. The van der Waals surface area contributed by atoms with E-state index in [2.05, 4.69) is 6.58 Å². The van der Waals surface area contributed by atoms with E-state index in [1.54, 1.807) is 13.2 Å². The lowest BCUT2D eigenvalue weighted by atomic mass is 9.98. The number of Topliss-reactive ketones (excluding diaryl/α,β-unsaturated/α-hetero) is 1. The quantitative estimate of drug-likeness (QED) is 0.685. The topological polar surface area (TPSA) is 26.3 Å². The fourth-order valence-electron chi connectivity index (χ4n) is 1.42. The molecule has 0 aliphatic heterocycles. The van der Waals surface area contributed by atoms with Gasteiger partial charge in [-0.1, -0.05) is 24.3 Å². The summed E-state index contributed by atoms with van der Waals surface area (Å²) in [6.07, 6.45) is 0. The number of ketones is 1. The number of carbonyl (C=O) groups excluding carboxylic acids is 1. The molecule has 0 heterocycles. The largest absolute Gasteiger partial charge is 0.496 e. The van der Waals surface area contributed by atoms with Crippen molar-refractivity contribution in [1.29, 1.82) is 0 Å². The normalized spacial score (nSPS) is 9.64. The van der Waals surface area contributed by atoms with Crippen LogP contribution in [0.4, 0.5) is 0 Å². The summed E-state index contributed by atoms with van der Waals surface area (Å²) >= 11 is 0. The van der Waals surface area contributed by atoms with Crippen molar-refractivity contribution in [3.63, 3.8) is 0 Å². The molecule has 1 aromatic rings. The highest BCUT2D eigenvalue weighted by molar-refractivity contribution is 6.01. The molecule has 0 N–H and O–H groups in total. The first-order valence-electron chi connectivity index (χ1n) is 4.41. The molecular weight excluding hydrogens is 176 g/mol. The molecule has 14 heavy (non-hydrogen) atoms. The Morgan fingerprint density at radius 3 is 2.43 bits per heavy atom. The maximum Gasteiger partial charge on any atom is 0.164 e. The van der Waals surface area contributed by atoms with E-state index in [9.17, 15) is 4.79 Å². The van der Waals surface area contributed by atoms with Crippen molar-refractivity contribution in [2.24, 2.45) is 0 Å². The van der Waals surface area contributed by atoms with Crippen LogP contribution in [0.3, 0.4) is 0 Å². The van der Waals surface area contributed by atoms with Crippen molar-refractivity contribution in [3.05, 3.63) is 35.9 Å². The maximum atomic E-state index is 11.4. The van der Waals surface area contributed by atoms with E-state index in [1.807, 2.05) is 19.1 Å². The Hall–Kier alpha value is -1.57. The van der Waals surface area contributed by atoms with E-state index >= 15 is 0 Å². The molecule has 2 heteroatoms. The Kier molecular flexibility index (Phi) is 3.07. The van der Waals surface area contributed by atoms with Crippen LogP contribution in [0.5, 0.6) is 5.75 Å². The van der Waals surface area contributed by atoms with Gasteiger partial charge in [0.25, 0.3) is 0 Å². The van der Waals surface area contributed by atoms with Gasteiger partial charge in [0.15, 0.2) is 5.78 Å². The monoisotopic (exact) mass is 190 g/mol. The third kappa shape index (κ3) is 1.84. The molecule has 0 unspecified atom stereocenters. The summed E-state index contributed by atoms with van der Waals surface area (Å²) in [4.78, 5) is 11.4. The van der Waals surface area contributed by atoms with Crippen LogP contribution in [-0.4, -0.2) is 12.9 Å². The van der Waals surface area contributed by atoms with Gasteiger partial charge < -0.3 is 4.74 Å². The summed E-state index contributed by atoms with van der Waals surface area (Å²) in [6.45, 7) is 7.24. The summed E-state index contributed by atoms with van der Waals surface area (Å²) in [6, 6.07) is 5.51. The van der Waals surface area contributed by atoms with Crippen LogP contribution in [0.25, 0.3) is 5.57 Å². The molecule has 0 aliphatic rings. The number of ether oxygens (including phenoxy) is 1. The minimum atomic E-state index is 0.000417. The van der Waals surface area contributed by atoms with E-state index < -0.39 is 0 Å². The van der Waals surface area contributed by atoms with E-state index in [-0.39, 0.29) is 5.78 Å². The first-order valence-corrected chi connectivity index (χ1v) is 4.41. The zero-order valence-corrected chi connectivity index (χ0v) is 8.76. The fraction of sp³-hybridized carbons (Fsp3) is 0.250. The van der Waals surface area contributed by atoms with E-state index in [1.165, 1.54) is 6.92 Å². The third-order valence-corrected chi connectivity index (χ3v) is 2.06. The second kappa shape index (κ2) is 4.09. The van der Waals surface area contributed by atoms with Gasteiger partial charge in [0.2, 0.25) is 0 Å². The second-order valence-electron chi connectivity index (χ2n) is 3.22. The molecule has 0 saturated heterocycles. The Morgan fingerprint density at radius 1 is 1.36 bits per heavy atom. The predicted molar refractivity (Wildman–Crippen MR) is 57.7 cm³/mol. The van der Waals surface area contributed by atoms with Crippen molar-refractivity contribution in [1.82, 2.24) is 0 Å². The van der Waals surface area contributed by atoms with Gasteiger partial charge in [-0.25, -0.2) is 0 Å². The Labute approximate surface area is 84.2 Å². The average Bonchev–Trinajstić information content (AvgIpc) is 2.16. The zero-order valence-electron chi connectivity index (χ0n) is 8.76. The highest BCUT2D eigenvalue weighted by atomic mass is 16.5. The number of hydrogen-bond acceptors (Lipinski definition) is 2. The molecule has 0 bridgehead atoms. The Balaban J connectivity index is 3.43. The number of hydrogen-bond donors (Lipinski definition) is 0. The number of methoxy groups -OCH3 is 1. The molecule has 0 aromatic heterocycles. The lowest BCUT2D eigenvalue weighted by molar-refractivity contribution is 0.101. The van der Waals surface area contributed by atoms with Crippen molar-refractivity contribution >= 4 is 11.4 Å². The molecule has 0 amide bonds. The summed E-state index contributed by atoms with van der Waals surface area (Å²) in [7, 11) is 1.56. The van der Waals surface area contributed by atoms with Gasteiger partial charge in [-0.05, 0) is 25.5 Å². The SMILES string of the molecule is C=C(C)c1cccc(OC)c1C(C)=O. The number of benzene rings is 1. The lowest BCUT2D eigenvalue weighted by Gasteiger charge is -2.10. The van der Waals surface area contributed by atoms with Crippen LogP contribution in [0.15, 0.2) is 24.8 Å². The number of allylic oxidation sites excluding steroid dienone is 1. The second-order valence-corrected chi connectivity index (χ2v) is 3.22. The van der Waals surface area contributed by atoms with Crippen LogP contribution in [0.2, 0.25) is 0 Å². The lowest BCUT2D eigenvalue weighted by Crippen LogP contribution is -2.01. The summed E-state index contributed by atoms with van der Waals surface area (Å²) in [5, 5.41) is 0. The molecule has 1 rings (SSSR count). The van der Waals surface area contributed by atoms with Gasteiger partial charge >= 0.3 is 0 Å². The van der Waals surface area contributed by atoms with Crippen molar-refractivity contribution in [3.8, 4) is 5.75 Å². The summed E-state index contributed by atoms with van der Waals surface area (Å²) in [5.41, 5.74) is 2.34. The average molecular weight is 190 g/mol. The number of carbonyl (C=O) groups is 1. The van der Waals surface area contributed by atoms with E-state index in [4.69, 9.17) is 4.74 Å². The molecular formula is C12H14O2. The van der Waals surface area contributed by atoms with Crippen molar-refractivity contribution in [2.45, 2.75) is 13.8 Å². The molecule has 0 spiro atoms.